The summed E-state index contributed by atoms with van der Waals surface area (Å²) < 4.78 is 5.31. The molecule has 0 N–H and O–H groups in total. The normalized spacial score (nSPS) is 11.9. The maximum absolute atomic E-state index is 11.8. The average Bonchev–Trinajstić information content (AvgIpc) is 2.32. The van der Waals surface area contributed by atoms with Crippen molar-refractivity contribution in [1.29, 1.82) is 5.26 Å². The predicted octanol–water partition coefficient (Wildman–Crippen LogP) is 2.92. The lowest BCUT2D eigenvalue weighted by Gasteiger charge is -2.11. The molecule has 1 aromatic rings. The molecule has 0 amide bonds. The quantitative estimate of drug-likeness (QED) is 0.782. The maximum atomic E-state index is 11.8. The van der Waals surface area contributed by atoms with Gasteiger partial charge >= 0.3 is 0 Å². The summed E-state index contributed by atoms with van der Waals surface area (Å²) >= 11 is 0. The molecule has 0 aliphatic heterocycles. The van der Waals surface area contributed by atoms with Crippen molar-refractivity contribution in [1.82, 2.24) is 0 Å². The van der Waals surface area contributed by atoms with Crippen molar-refractivity contribution < 1.29 is 9.53 Å². The van der Waals surface area contributed by atoms with Gasteiger partial charge in [0.2, 0.25) is 0 Å². The first-order valence-corrected chi connectivity index (χ1v) is 5.76. The second kappa shape index (κ2) is 6.05. The van der Waals surface area contributed by atoms with Crippen molar-refractivity contribution in [2.45, 2.75) is 26.7 Å². The molecule has 17 heavy (non-hydrogen) atoms. The van der Waals surface area contributed by atoms with E-state index < -0.39 is 5.92 Å². The van der Waals surface area contributed by atoms with Crippen LogP contribution in [-0.4, -0.2) is 12.4 Å². The molecule has 3 nitrogen and oxygen atoms in total. The maximum Gasteiger partial charge on any atom is 0.156 e. The van der Waals surface area contributed by atoms with Crippen LogP contribution in [0.3, 0.4) is 0 Å². The Bertz CT molecular complexity index is 415. The number of nitrogens with zero attached hydrogens (tertiary/aromatic N) is 1. The monoisotopic (exact) mass is 231 g/mol. The van der Waals surface area contributed by atoms with Gasteiger partial charge < -0.3 is 4.74 Å². The Morgan fingerprint density at radius 3 is 2.35 bits per heavy atom. The highest BCUT2D eigenvalue weighted by molar-refractivity contribution is 5.89. The van der Waals surface area contributed by atoms with Gasteiger partial charge in [-0.3, -0.25) is 4.79 Å². The molecular weight excluding hydrogens is 214 g/mol. The summed E-state index contributed by atoms with van der Waals surface area (Å²) in [4.78, 5) is 11.8. The summed E-state index contributed by atoms with van der Waals surface area (Å²) in [5.74, 6) is -0.0986. The summed E-state index contributed by atoms with van der Waals surface area (Å²) in [6, 6.07) is 9.19. The number of benzene rings is 1. The smallest absolute Gasteiger partial charge is 0.156 e. The molecular formula is C14H17NO2. The van der Waals surface area contributed by atoms with Crippen LogP contribution >= 0.6 is 0 Å². The highest BCUT2D eigenvalue weighted by Crippen LogP contribution is 2.22. The van der Waals surface area contributed by atoms with Crippen LogP contribution in [0.1, 0.15) is 32.3 Å². The minimum atomic E-state index is -0.675. The molecule has 0 aromatic heterocycles. The van der Waals surface area contributed by atoms with Crippen LogP contribution in [0.5, 0.6) is 5.75 Å². The van der Waals surface area contributed by atoms with E-state index in [0.29, 0.717) is 6.61 Å². The first-order valence-electron chi connectivity index (χ1n) is 5.76. The summed E-state index contributed by atoms with van der Waals surface area (Å²) in [5, 5.41) is 9.07. The number of carbonyl (C=O) groups excluding carboxylic acids is 1. The molecule has 0 spiro atoms. The number of rotatable bonds is 5. The zero-order valence-corrected chi connectivity index (χ0v) is 10.4. The van der Waals surface area contributed by atoms with Gasteiger partial charge in [0.1, 0.15) is 11.7 Å². The van der Waals surface area contributed by atoms with Crippen molar-refractivity contribution in [2.24, 2.45) is 5.92 Å². The molecule has 0 saturated heterocycles. The Hall–Kier alpha value is -1.82. The lowest BCUT2D eigenvalue weighted by molar-refractivity contribution is -0.122. The van der Waals surface area contributed by atoms with Gasteiger partial charge in [0, 0.05) is 5.92 Å². The van der Waals surface area contributed by atoms with E-state index in [2.05, 4.69) is 6.07 Å². The highest BCUT2D eigenvalue weighted by Gasteiger charge is 2.22. The number of hydrogen-bond acceptors (Lipinski definition) is 3. The lowest BCUT2D eigenvalue weighted by Crippen LogP contribution is -2.16. The van der Waals surface area contributed by atoms with Crippen LogP contribution in [0, 0.1) is 17.2 Å². The van der Waals surface area contributed by atoms with E-state index in [4.69, 9.17) is 10.00 Å². The highest BCUT2D eigenvalue weighted by atomic mass is 16.5. The third-order valence-electron chi connectivity index (χ3n) is 2.51. The number of nitriles is 1. The predicted molar refractivity (Wildman–Crippen MR) is 65.8 cm³/mol. The Morgan fingerprint density at radius 2 is 1.94 bits per heavy atom. The average molecular weight is 231 g/mol. The standard InChI is InChI=1S/C14H17NO2/c1-4-17-12-7-5-11(6-8-12)13(9-15)14(16)10(2)3/h5-8,10,13H,4H2,1-3H3. The fourth-order valence-electron chi connectivity index (χ4n) is 1.56. The Morgan fingerprint density at radius 1 is 1.35 bits per heavy atom. The Kier molecular flexibility index (Phi) is 4.71. The number of ether oxygens (including phenoxy) is 1. The molecule has 0 heterocycles. The minimum Gasteiger partial charge on any atom is -0.494 e. The number of Topliss-reactive ketones (excluding diaryl/α,β-unsaturated/α-hetero) is 1. The van der Waals surface area contributed by atoms with E-state index in [1.165, 1.54) is 0 Å². The van der Waals surface area contributed by atoms with Gasteiger partial charge in [-0.2, -0.15) is 5.26 Å². The lowest BCUT2D eigenvalue weighted by atomic mass is 9.90. The number of hydrogen-bond donors (Lipinski definition) is 0. The molecule has 1 atom stereocenters. The minimum absolute atomic E-state index is 0.0448. The molecule has 3 heteroatoms. The molecule has 0 aliphatic carbocycles. The molecule has 0 bridgehead atoms. The summed E-state index contributed by atoms with van der Waals surface area (Å²) in [7, 11) is 0. The van der Waals surface area contributed by atoms with E-state index in [1.807, 2.05) is 6.92 Å². The second-order valence-electron chi connectivity index (χ2n) is 4.12. The third kappa shape index (κ3) is 3.32. The fraction of sp³-hybridized carbons (Fsp3) is 0.429. The van der Waals surface area contributed by atoms with Gasteiger partial charge in [-0.25, -0.2) is 0 Å². The molecule has 0 fully saturated rings. The van der Waals surface area contributed by atoms with Crippen LogP contribution in [0.25, 0.3) is 0 Å². The van der Waals surface area contributed by atoms with Crippen molar-refractivity contribution >= 4 is 5.78 Å². The first kappa shape index (κ1) is 13.2. The fourth-order valence-corrected chi connectivity index (χ4v) is 1.56. The van der Waals surface area contributed by atoms with E-state index >= 15 is 0 Å². The van der Waals surface area contributed by atoms with E-state index in [-0.39, 0.29) is 11.7 Å². The molecule has 1 aromatic carbocycles. The van der Waals surface area contributed by atoms with Crippen LogP contribution in [0.15, 0.2) is 24.3 Å². The summed E-state index contributed by atoms with van der Waals surface area (Å²) in [6.45, 7) is 6.13. The van der Waals surface area contributed by atoms with E-state index in [0.717, 1.165) is 11.3 Å². The molecule has 1 unspecified atom stereocenters. The van der Waals surface area contributed by atoms with Crippen molar-refractivity contribution in [3.8, 4) is 11.8 Å². The zero-order valence-electron chi connectivity index (χ0n) is 10.4. The van der Waals surface area contributed by atoms with E-state index in [1.54, 1.807) is 38.1 Å². The van der Waals surface area contributed by atoms with Crippen LogP contribution in [0.2, 0.25) is 0 Å². The van der Waals surface area contributed by atoms with Crippen molar-refractivity contribution in [3.63, 3.8) is 0 Å². The zero-order chi connectivity index (χ0) is 12.8. The van der Waals surface area contributed by atoms with Gasteiger partial charge in [0.25, 0.3) is 0 Å². The largest absolute Gasteiger partial charge is 0.494 e. The molecule has 0 radical (unpaired) electrons. The van der Waals surface area contributed by atoms with E-state index in [9.17, 15) is 4.79 Å². The van der Waals surface area contributed by atoms with Gasteiger partial charge in [-0.05, 0) is 24.6 Å². The first-order chi connectivity index (χ1) is 8.10. The van der Waals surface area contributed by atoms with Gasteiger partial charge in [-0.15, -0.1) is 0 Å². The molecule has 1 rings (SSSR count). The number of carbonyl (C=O) groups is 1. The van der Waals surface area contributed by atoms with Crippen LogP contribution in [-0.2, 0) is 4.79 Å². The van der Waals surface area contributed by atoms with Gasteiger partial charge in [-0.1, -0.05) is 26.0 Å². The molecule has 90 valence electrons. The van der Waals surface area contributed by atoms with Crippen molar-refractivity contribution in [2.75, 3.05) is 6.61 Å². The number of ketones is 1. The second-order valence-corrected chi connectivity index (χ2v) is 4.12. The molecule has 0 saturated carbocycles. The third-order valence-corrected chi connectivity index (χ3v) is 2.51. The van der Waals surface area contributed by atoms with Crippen LogP contribution < -0.4 is 4.74 Å². The molecule has 0 aliphatic rings. The topological polar surface area (TPSA) is 50.1 Å². The summed E-state index contributed by atoms with van der Waals surface area (Å²) in [5.41, 5.74) is 0.731. The van der Waals surface area contributed by atoms with Crippen molar-refractivity contribution in [3.05, 3.63) is 29.8 Å². The van der Waals surface area contributed by atoms with Crippen LogP contribution in [0.4, 0.5) is 0 Å². The Labute approximate surface area is 102 Å². The SMILES string of the molecule is CCOc1ccc(C(C#N)C(=O)C(C)C)cc1. The Balaban J connectivity index is 2.91. The van der Waals surface area contributed by atoms with Gasteiger partial charge in [0.05, 0.1) is 12.7 Å². The summed E-state index contributed by atoms with van der Waals surface area (Å²) in [6.07, 6.45) is 0. The van der Waals surface area contributed by atoms with Gasteiger partial charge in [0.15, 0.2) is 5.78 Å².